The molecule has 0 aliphatic carbocycles. The highest BCUT2D eigenvalue weighted by molar-refractivity contribution is 5.89. The predicted octanol–water partition coefficient (Wildman–Crippen LogP) is 1.06. The van der Waals surface area contributed by atoms with Crippen molar-refractivity contribution < 1.29 is 33.0 Å². The number of hydrogen-bond acceptors (Lipinski definition) is 3. The Hall–Kier alpha value is -2.29. The van der Waals surface area contributed by atoms with Crippen LogP contribution in [0.5, 0.6) is 0 Å². The number of amides is 2. The van der Waals surface area contributed by atoms with Gasteiger partial charge in [-0.2, -0.15) is 0 Å². The van der Waals surface area contributed by atoms with Crippen LogP contribution in [0.4, 0.5) is 23.7 Å². The summed E-state index contributed by atoms with van der Waals surface area (Å²) in [6.07, 6.45) is -1.87. The van der Waals surface area contributed by atoms with Gasteiger partial charge < -0.3 is 20.8 Å². The van der Waals surface area contributed by atoms with Gasteiger partial charge in [-0.3, -0.25) is 0 Å². The number of carbonyl (C=O) groups excluding carboxylic acids is 1. The highest BCUT2D eigenvalue weighted by Gasteiger charge is 2.14. The van der Waals surface area contributed by atoms with Crippen molar-refractivity contribution in [2.75, 3.05) is 11.9 Å². The summed E-state index contributed by atoms with van der Waals surface area (Å²) in [7, 11) is 0. The fourth-order valence-corrected chi connectivity index (χ4v) is 1.25. The van der Waals surface area contributed by atoms with E-state index in [4.69, 9.17) is 10.2 Å². The van der Waals surface area contributed by atoms with Crippen molar-refractivity contribution in [2.45, 2.75) is 12.5 Å². The number of anilines is 1. The summed E-state index contributed by atoms with van der Waals surface area (Å²) in [5.41, 5.74) is -0.308. The van der Waals surface area contributed by atoms with E-state index in [9.17, 15) is 22.8 Å². The third-order valence-corrected chi connectivity index (χ3v) is 2.23. The third kappa shape index (κ3) is 4.43. The molecule has 0 aliphatic heterocycles. The second-order valence-corrected chi connectivity index (χ2v) is 3.78. The number of aliphatic hydroxyl groups excluding tert-OH is 1. The van der Waals surface area contributed by atoms with E-state index in [1.165, 1.54) is 0 Å². The first-order valence-electron chi connectivity index (χ1n) is 5.41. The van der Waals surface area contributed by atoms with Gasteiger partial charge in [0, 0.05) is 30.8 Å². The summed E-state index contributed by atoms with van der Waals surface area (Å²) in [4.78, 5) is 21.6. The molecule has 0 saturated carbocycles. The lowest BCUT2D eigenvalue weighted by molar-refractivity contribution is -0.146. The van der Waals surface area contributed by atoms with Gasteiger partial charge in [-0.05, 0) is 0 Å². The van der Waals surface area contributed by atoms with Crippen LogP contribution in [0.25, 0.3) is 0 Å². The molecular weight excluding hydrogens is 281 g/mol. The molecule has 0 radical (unpaired) electrons. The fraction of sp³-hybridized carbons (Fsp3) is 0.273. The van der Waals surface area contributed by atoms with Gasteiger partial charge in [-0.1, -0.05) is 0 Å². The number of halogens is 3. The Kier molecular flexibility index (Phi) is 5.32. The predicted molar refractivity (Wildman–Crippen MR) is 61.6 cm³/mol. The van der Waals surface area contributed by atoms with E-state index in [1.54, 1.807) is 0 Å². The van der Waals surface area contributed by atoms with Crippen LogP contribution in [0, 0.1) is 17.5 Å². The molecule has 9 heteroatoms. The van der Waals surface area contributed by atoms with Gasteiger partial charge in [0.2, 0.25) is 0 Å². The van der Waals surface area contributed by atoms with Crippen LogP contribution in [-0.2, 0) is 4.79 Å². The Morgan fingerprint density at radius 1 is 1.20 bits per heavy atom. The quantitative estimate of drug-likeness (QED) is 0.610. The molecule has 1 aromatic rings. The van der Waals surface area contributed by atoms with Gasteiger partial charge >= 0.3 is 12.0 Å². The summed E-state index contributed by atoms with van der Waals surface area (Å²) in [6, 6.07) is 0.293. The number of aliphatic hydroxyl groups is 1. The molecule has 0 unspecified atom stereocenters. The lowest BCUT2D eigenvalue weighted by Gasteiger charge is -2.09. The van der Waals surface area contributed by atoms with Crippen LogP contribution >= 0.6 is 0 Å². The number of carbonyl (C=O) groups is 2. The molecule has 110 valence electrons. The molecule has 0 aromatic heterocycles. The SMILES string of the molecule is O=C(NCC[C@H](O)C(=O)O)Nc1cc(F)c(F)c(F)c1. The first kappa shape index (κ1) is 15.8. The van der Waals surface area contributed by atoms with Crippen molar-refractivity contribution in [3.05, 3.63) is 29.6 Å². The summed E-state index contributed by atoms with van der Waals surface area (Å²) in [6.45, 7) is -0.175. The zero-order valence-corrected chi connectivity index (χ0v) is 9.99. The third-order valence-electron chi connectivity index (χ3n) is 2.23. The highest BCUT2D eigenvalue weighted by atomic mass is 19.2. The second kappa shape index (κ2) is 6.75. The number of rotatable bonds is 5. The maximum Gasteiger partial charge on any atom is 0.332 e. The second-order valence-electron chi connectivity index (χ2n) is 3.78. The van der Waals surface area contributed by atoms with Crippen molar-refractivity contribution in [3.8, 4) is 0 Å². The number of hydrogen-bond donors (Lipinski definition) is 4. The molecule has 4 N–H and O–H groups in total. The number of carboxylic acid groups (broad SMARTS) is 1. The van der Waals surface area contributed by atoms with Crippen molar-refractivity contribution in [2.24, 2.45) is 0 Å². The number of urea groups is 1. The number of benzene rings is 1. The molecule has 1 atom stereocenters. The molecule has 0 bridgehead atoms. The van der Waals surface area contributed by atoms with E-state index in [2.05, 4.69) is 5.32 Å². The van der Waals surface area contributed by atoms with Crippen molar-refractivity contribution in [1.29, 1.82) is 0 Å². The maximum atomic E-state index is 12.9. The number of nitrogens with one attached hydrogen (secondary N) is 2. The van der Waals surface area contributed by atoms with Gasteiger partial charge in [-0.25, -0.2) is 22.8 Å². The Labute approximate surface area is 111 Å². The first-order chi connectivity index (χ1) is 9.31. The van der Waals surface area contributed by atoms with Crippen LogP contribution in [0.3, 0.4) is 0 Å². The lowest BCUT2D eigenvalue weighted by Crippen LogP contribution is -2.33. The Morgan fingerprint density at radius 2 is 1.75 bits per heavy atom. The van der Waals surface area contributed by atoms with Crippen molar-refractivity contribution in [1.82, 2.24) is 5.32 Å². The smallest absolute Gasteiger partial charge is 0.332 e. The van der Waals surface area contributed by atoms with Crippen LogP contribution in [-0.4, -0.2) is 34.9 Å². The summed E-state index contributed by atoms with van der Waals surface area (Å²) in [5, 5.41) is 21.5. The Morgan fingerprint density at radius 3 is 2.25 bits per heavy atom. The van der Waals surface area contributed by atoms with Crippen LogP contribution < -0.4 is 10.6 Å². The van der Waals surface area contributed by atoms with Crippen LogP contribution in [0.2, 0.25) is 0 Å². The molecular formula is C11H11F3N2O4. The van der Waals surface area contributed by atoms with E-state index in [1.807, 2.05) is 5.32 Å². The van der Waals surface area contributed by atoms with Gasteiger partial charge in [0.05, 0.1) is 0 Å². The van der Waals surface area contributed by atoms with E-state index >= 15 is 0 Å². The van der Waals surface area contributed by atoms with Gasteiger partial charge in [0.15, 0.2) is 23.6 Å². The molecule has 0 fully saturated rings. The zero-order valence-electron chi connectivity index (χ0n) is 9.99. The van der Waals surface area contributed by atoms with E-state index in [0.29, 0.717) is 12.1 Å². The summed E-state index contributed by atoms with van der Waals surface area (Å²) < 4.78 is 38.4. The van der Waals surface area contributed by atoms with Crippen molar-refractivity contribution >= 4 is 17.7 Å². The summed E-state index contributed by atoms with van der Waals surface area (Å²) in [5.74, 6) is -6.00. The lowest BCUT2D eigenvalue weighted by atomic mass is 10.2. The Bertz CT molecular complexity index is 501. The summed E-state index contributed by atoms with van der Waals surface area (Å²) >= 11 is 0. The van der Waals surface area contributed by atoms with E-state index in [0.717, 1.165) is 0 Å². The van der Waals surface area contributed by atoms with Gasteiger partial charge in [0.25, 0.3) is 0 Å². The normalized spacial score (nSPS) is 11.8. The molecule has 1 rings (SSSR count). The average Bonchev–Trinajstić information content (AvgIpc) is 2.35. The number of carboxylic acids is 1. The first-order valence-corrected chi connectivity index (χ1v) is 5.41. The standard InChI is InChI=1S/C11H11F3N2O4/c12-6-3-5(4-7(13)9(6)14)16-11(20)15-2-1-8(17)10(18)19/h3-4,8,17H,1-2H2,(H,18,19)(H2,15,16,20)/t8-/m0/s1. The molecule has 0 saturated heterocycles. The number of aliphatic carboxylic acids is 1. The van der Waals surface area contributed by atoms with E-state index < -0.39 is 35.6 Å². The zero-order chi connectivity index (χ0) is 15.3. The molecule has 20 heavy (non-hydrogen) atoms. The van der Waals surface area contributed by atoms with Gasteiger partial charge in [0.1, 0.15) is 0 Å². The molecule has 0 spiro atoms. The molecule has 2 amide bonds. The maximum absolute atomic E-state index is 12.9. The largest absolute Gasteiger partial charge is 0.479 e. The average molecular weight is 292 g/mol. The van der Waals surface area contributed by atoms with Gasteiger partial charge in [-0.15, -0.1) is 0 Å². The minimum atomic E-state index is -1.65. The van der Waals surface area contributed by atoms with E-state index in [-0.39, 0.29) is 18.7 Å². The fourth-order valence-electron chi connectivity index (χ4n) is 1.25. The monoisotopic (exact) mass is 292 g/mol. The topological polar surface area (TPSA) is 98.7 Å². The molecule has 0 aliphatic rings. The highest BCUT2D eigenvalue weighted by Crippen LogP contribution is 2.17. The molecule has 0 heterocycles. The van der Waals surface area contributed by atoms with Crippen LogP contribution in [0.15, 0.2) is 12.1 Å². The molecule has 1 aromatic carbocycles. The minimum Gasteiger partial charge on any atom is -0.479 e. The van der Waals surface area contributed by atoms with Crippen LogP contribution in [0.1, 0.15) is 6.42 Å². The minimum absolute atomic E-state index is 0.175. The van der Waals surface area contributed by atoms with Crippen molar-refractivity contribution in [3.63, 3.8) is 0 Å². The molecule has 6 nitrogen and oxygen atoms in total. The Balaban J connectivity index is 2.49.